The van der Waals surface area contributed by atoms with Crippen molar-refractivity contribution in [2.45, 2.75) is 25.3 Å². The Kier molecular flexibility index (Phi) is 6.61. The fraction of sp³-hybridized carbons (Fsp3) is 0.650. The number of hydrogen-bond acceptors (Lipinski definition) is 4. The van der Waals surface area contributed by atoms with E-state index in [0.717, 1.165) is 37.8 Å². The van der Waals surface area contributed by atoms with Gasteiger partial charge in [-0.1, -0.05) is 12.1 Å². The van der Waals surface area contributed by atoms with Gasteiger partial charge in [0.1, 0.15) is 5.75 Å². The van der Waals surface area contributed by atoms with Crippen LogP contribution in [0.25, 0.3) is 0 Å². The van der Waals surface area contributed by atoms with Gasteiger partial charge in [0.05, 0.1) is 12.8 Å². The summed E-state index contributed by atoms with van der Waals surface area (Å²) in [5, 5.41) is 7.13. The maximum absolute atomic E-state index is 5.51. The van der Waals surface area contributed by atoms with E-state index in [4.69, 9.17) is 4.74 Å². The number of nitrogens with one attached hydrogen (secondary N) is 2. The summed E-state index contributed by atoms with van der Waals surface area (Å²) in [6.45, 7) is 5.39. The molecule has 0 aliphatic carbocycles. The van der Waals surface area contributed by atoms with E-state index < -0.39 is 0 Å². The van der Waals surface area contributed by atoms with Gasteiger partial charge < -0.3 is 25.2 Å². The lowest BCUT2D eigenvalue weighted by molar-refractivity contribution is 0.210. The number of para-hydroxylation sites is 2. The number of benzene rings is 1. The van der Waals surface area contributed by atoms with Crippen LogP contribution in [0.5, 0.6) is 5.75 Å². The highest BCUT2D eigenvalue weighted by Gasteiger charge is 2.25. The standard InChI is InChI=1S/C20H33N5O/c1-21-20(22-13-16-7-6-11-24(2)14-16)23-17-10-12-25(15-17)18-8-4-5-9-19(18)26-3/h4-5,8-9,16-17H,6-7,10-15H2,1-3H3,(H2,21,22,23). The lowest BCUT2D eigenvalue weighted by Gasteiger charge is -2.30. The van der Waals surface area contributed by atoms with Gasteiger partial charge in [-0.2, -0.15) is 0 Å². The fourth-order valence-electron chi connectivity index (χ4n) is 4.06. The van der Waals surface area contributed by atoms with E-state index in [-0.39, 0.29) is 0 Å². The lowest BCUT2D eigenvalue weighted by Crippen LogP contribution is -2.47. The van der Waals surface area contributed by atoms with Crippen LogP contribution >= 0.6 is 0 Å². The van der Waals surface area contributed by atoms with Crippen LogP contribution < -0.4 is 20.3 Å². The van der Waals surface area contributed by atoms with Gasteiger partial charge >= 0.3 is 0 Å². The highest BCUT2D eigenvalue weighted by Crippen LogP contribution is 2.30. The van der Waals surface area contributed by atoms with Gasteiger partial charge in [-0.25, -0.2) is 0 Å². The first-order valence-corrected chi connectivity index (χ1v) is 9.73. The van der Waals surface area contributed by atoms with Crippen molar-refractivity contribution in [2.24, 2.45) is 10.9 Å². The minimum Gasteiger partial charge on any atom is -0.495 e. The Balaban J connectivity index is 1.49. The Bertz CT molecular complexity index is 606. The average Bonchev–Trinajstić information content (AvgIpc) is 3.13. The number of guanidine groups is 1. The molecule has 0 radical (unpaired) electrons. The van der Waals surface area contributed by atoms with Gasteiger partial charge in [0.2, 0.25) is 0 Å². The highest BCUT2D eigenvalue weighted by atomic mass is 16.5. The molecule has 2 heterocycles. The van der Waals surface area contributed by atoms with Crippen molar-refractivity contribution in [2.75, 3.05) is 58.8 Å². The van der Waals surface area contributed by atoms with E-state index in [9.17, 15) is 0 Å². The second-order valence-electron chi connectivity index (χ2n) is 7.47. The minimum atomic E-state index is 0.403. The fourth-order valence-corrected chi connectivity index (χ4v) is 4.06. The summed E-state index contributed by atoms with van der Waals surface area (Å²) in [6, 6.07) is 8.65. The quantitative estimate of drug-likeness (QED) is 0.620. The zero-order valence-electron chi connectivity index (χ0n) is 16.4. The predicted molar refractivity (Wildman–Crippen MR) is 108 cm³/mol. The molecular weight excluding hydrogens is 326 g/mol. The maximum atomic E-state index is 5.51. The number of anilines is 1. The van der Waals surface area contributed by atoms with E-state index in [0.29, 0.717) is 12.0 Å². The lowest BCUT2D eigenvalue weighted by atomic mass is 9.99. The average molecular weight is 360 g/mol. The molecule has 3 rings (SSSR count). The van der Waals surface area contributed by atoms with E-state index in [1.807, 2.05) is 19.2 Å². The molecule has 1 aromatic carbocycles. The molecule has 2 N–H and O–H groups in total. The van der Waals surface area contributed by atoms with E-state index in [2.05, 4.69) is 44.6 Å². The summed E-state index contributed by atoms with van der Waals surface area (Å²) in [6.07, 6.45) is 3.70. The van der Waals surface area contributed by atoms with Crippen LogP contribution in [0.1, 0.15) is 19.3 Å². The zero-order chi connectivity index (χ0) is 18.4. The Morgan fingerprint density at radius 2 is 2.08 bits per heavy atom. The molecule has 0 spiro atoms. The van der Waals surface area contributed by atoms with Gasteiger partial charge in [0, 0.05) is 39.3 Å². The van der Waals surface area contributed by atoms with Crippen LogP contribution in [-0.2, 0) is 0 Å². The van der Waals surface area contributed by atoms with Crippen molar-refractivity contribution >= 4 is 11.6 Å². The van der Waals surface area contributed by atoms with Crippen molar-refractivity contribution in [1.29, 1.82) is 0 Å². The Morgan fingerprint density at radius 1 is 1.23 bits per heavy atom. The molecular formula is C20H33N5O. The Hall–Kier alpha value is -1.95. The summed E-state index contributed by atoms with van der Waals surface area (Å²) in [7, 11) is 5.80. The number of hydrogen-bond donors (Lipinski definition) is 2. The van der Waals surface area contributed by atoms with Crippen molar-refractivity contribution in [1.82, 2.24) is 15.5 Å². The third-order valence-electron chi connectivity index (χ3n) is 5.46. The van der Waals surface area contributed by atoms with Gasteiger partial charge in [0.15, 0.2) is 5.96 Å². The molecule has 6 heteroatoms. The molecule has 2 aliphatic heterocycles. The third-order valence-corrected chi connectivity index (χ3v) is 5.46. The van der Waals surface area contributed by atoms with Crippen molar-refractivity contribution in [3.05, 3.63) is 24.3 Å². The Labute approximate surface area is 157 Å². The van der Waals surface area contributed by atoms with Gasteiger partial charge in [0.25, 0.3) is 0 Å². The summed E-state index contributed by atoms with van der Waals surface area (Å²) in [4.78, 5) is 9.24. The molecule has 2 aliphatic rings. The summed E-state index contributed by atoms with van der Waals surface area (Å²) < 4.78 is 5.51. The predicted octanol–water partition coefficient (Wildman–Crippen LogP) is 1.78. The third kappa shape index (κ3) is 4.81. The molecule has 0 saturated carbocycles. The topological polar surface area (TPSA) is 52.1 Å². The summed E-state index contributed by atoms with van der Waals surface area (Å²) in [5.74, 6) is 2.57. The molecule has 0 bridgehead atoms. The first kappa shape index (κ1) is 18.8. The molecule has 26 heavy (non-hydrogen) atoms. The van der Waals surface area contributed by atoms with Gasteiger partial charge in [-0.15, -0.1) is 0 Å². The molecule has 0 amide bonds. The molecule has 2 atom stereocenters. The minimum absolute atomic E-state index is 0.403. The molecule has 2 saturated heterocycles. The van der Waals surface area contributed by atoms with Gasteiger partial charge in [-0.3, -0.25) is 4.99 Å². The van der Waals surface area contributed by atoms with Crippen molar-refractivity contribution in [3.8, 4) is 5.75 Å². The smallest absolute Gasteiger partial charge is 0.191 e. The Morgan fingerprint density at radius 3 is 2.85 bits per heavy atom. The van der Waals surface area contributed by atoms with Crippen LogP contribution in [0, 0.1) is 5.92 Å². The van der Waals surface area contributed by atoms with Crippen LogP contribution in [0.3, 0.4) is 0 Å². The van der Waals surface area contributed by atoms with Crippen LogP contribution in [-0.4, -0.2) is 70.8 Å². The van der Waals surface area contributed by atoms with Crippen LogP contribution in [0.2, 0.25) is 0 Å². The monoisotopic (exact) mass is 359 g/mol. The molecule has 0 aromatic heterocycles. The second kappa shape index (κ2) is 9.12. The van der Waals surface area contributed by atoms with E-state index >= 15 is 0 Å². The molecule has 2 fully saturated rings. The normalized spacial score (nSPS) is 24.6. The first-order valence-electron chi connectivity index (χ1n) is 9.73. The number of ether oxygens (including phenoxy) is 1. The summed E-state index contributed by atoms with van der Waals surface area (Å²) in [5.41, 5.74) is 1.17. The van der Waals surface area contributed by atoms with E-state index in [1.165, 1.54) is 31.6 Å². The second-order valence-corrected chi connectivity index (χ2v) is 7.47. The number of nitrogens with zero attached hydrogens (tertiary/aromatic N) is 3. The number of aliphatic imine (C=N–C) groups is 1. The number of piperidine rings is 1. The van der Waals surface area contributed by atoms with Gasteiger partial charge in [-0.05, 0) is 50.9 Å². The SMILES string of the molecule is CN=C(NCC1CCCN(C)C1)NC1CCN(c2ccccc2OC)C1. The largest absolute Gasteiger partial charge is 0.495 e. The van der Waals surface area contributed by atoms with Crippen LogP contribution in [0.4, 0.5) is 5.69 Å². The molecule has 6 nitrogen and oxygen atoms in total. The molecule has 1 aromatic rings. The number of rotatable bonds is 5. The van der Waals surface area contributed by atoms with Crippen molar-refractivity contribution < 1.29 is 4.74 Å². The molecule has 2 unspecified atom stereocenters. The van der Waals surface area contributed by atoms with Crippen LogP contribution in [0.15, 0.2) is 29.3 Å². The molecule has 144 valence electrons. The first-order chi connectivity index (χ1) is 12.7. The number of methoxy groups -OCH3 is 1. The number of likely N-dealkylation sites (tertiary alicyclic amines) is 1. The maximum Gasteiger partial charge on any atom is 0.191 e. The highest BCUT2D eigenvalue weighted by molar-refractivity contribution is 5.80. The van der Waals surface area contributed by atoms with E-state index in [1.54, 1.807) is 7.11 Å². The zero-order valence-corrected chi connectivity index (χ0v) is 16.4. The summed E-state index contributed by atoms with van der Waals surface area (Å²) >= 11 is 0. The van der Waals surface area contributed by atoms with Crippen molar-refractivity contribution in [3.63, 3.8) is 0 Å².